The predicted octanol–water partition coefficient (Wildman–Crippen LogP) is 4.76. The van der Waals surface area contributed by atoms with E-state index in [9.17, 15) is 13.2 Å². The van der Waals surface area contributed by atoms with Gasteiger partial charge in [0.15, 0.2) is 0 Å². The maximum absolute atomic E-state index is 13.1. The molecule has 0 spiro atoms. The van der Waals surface area contributed by atoms with Crippen LogP contribution in [0.3, 0.4) is 0 Å². The highest BCUT2D eigenvalue weighted by atomic mass is 32.2. The van der Waals surface area contributed by atoms with Gasteiger partial charge < -0.3 is 14.8 Å². The number of anilines is 1. The van der Waals surface area contributed by atoms with Gasteiger partial charge in [-0.05, 0) is 56.7 Å². The minimum absolute atomic E-state index is 0.286. The molecule has 4 rings (SSSR count). The number of carbonyl (C=O) groups is 1. The number of aryl methyl sites for hydroxylation is 1. The Morgan fingerprint density at radius 3 is 2.44 bits per heavy atom. The van der Waals surface area contributed by atoms with Gasteiger partial charge in [-0.2, -0.15) is 0 Å². The number of rotatable bonds is 8. The van der Waals surface area contributed by atoms with Gasteiger partial charge in [0.2, 0.25) is 15.9 Å². The summed E-state index contributed by atoms with van der Waals surface area (Å²) in [5.41, 5.74) is 2.91. The fraction of sp³-hybridized carbons (Fsp3) is 0.321. The van der Waals surface area contributed by atoms with Crippen LogP contribution < -0.4 is 19.1 Å². The van der Waals surface area contributed by atoms with Crippen molar-refractivity contribution in [3.8, 4) is 11.5 Å². The van der Waals surface area contributed by atoms with E-state index in [1.165, 1.54) is 0 Å². The second kappa shape index (κ2) is 10.2. The van der Waals surface area contributed by atoms with Crippen LogP contribution in [0.25, 0.3) is 0 Å². The maximum atomic E-state index is 13.1. The number of amides is 1. The third-order valence-electron chi connectivity index (χ3n) is 6.02. The molecule has 0 saturated carbocycles. The van der Waals surface area contributed by atoms with Crippen molar-refractivity contribution in [2.45, 2.75) is 45.4 Å². The van der Waals surface area contributed by atoms with Gasteiger partial charge in [0.05, 0.1) is 18.0 Å². The zero-order chi connectivity index (χ0) is 25.9. The topological polar surface area (TPSA) is 84.9 Å². The molecule has 0 fully saturated rings. The van der Waals surface area contributed by atoms with E-state index in [1.807, 2.05) is 69.3 Å². The predicted molar refractivity (Wildman–Crippen MR) is 141 cm³/mol. The van der Waals surface area contributed by atoms with E-state index in [0.717, 1.165) is 33.0 Å². The molecule has 3 aromatic rings. The van der Waals surface area contributed by atoms with E-state index in [0.29, 0.717) is 24.5 Å². The number of ether oxygens (including phenoxy) is 2. The van der Waals surface area contributed by atoms with E-state index in [-0.39, 0.29) is 18.5 Å². The molecule has 0 aliphatic carbocycles. The average Bonchev–Trinajstić information content (AvgIpc) is 2.81. The first kappa shape index (κ1) is 25.6. The van der Waals surface area contributed by atoms with Crippen molar-refractivity contribution in [2.75, 3.05) is 17.1 Å². The molecule has 0 saturated heterocycles. The molecule has 1 heterocycles. The Hall–Kier alpha value is -3.52. The molecule has 3 aromatic carbocycles. The normalized spacial score (nSPS) is 16.4. The maximum Gasteiger partial charge on any atom is 0.241 e. The molecule has 1 N–H and O–H groups in total. The average molecular weight is 509 g/mol. The number of nitrogens with one attached hydrogen (secondary N) is 1. The monoisotopic (exact) mass is 508 g/mol. The molecule has 8 heteroatoms. The lowest BCUT2D eigenvalue weighted by Gasteiger charge is -2.38. The summed E-state index contributed by atoms with van der Waals surface area (Å²) in [6, 6.07) is 22.1. The fourth-order valence-corrected chi connectivity index (χ4v) is 5.18. The fourth-order valence-electron chi connectivity index (χ4n) is 4.32. The Balaban J connectivity index is 1.47. The van der Waals surface area contributed by atoms with Gasteiger partial charge in [-0.15, -0.1) is 0 Å². The van der Waals surface area contributed by atoms with Crippen LogP contribution in [0, 0.1) is 6.92 Å². The third-order valence-corrected chi connectivity index (χ3v) is 7.16. The van der Waals surface area contributed by atoms with E-state index in [4.69, 9.17) is 9.47 Å². The Labute approximate surface area is 213 Å². The molecule has 1 amide bonds. The Morgan fingerprint density at radius 1 is 1.08 bits per heavy atom. The standard InChI is InChI=1S/C28H32N2O5S/c1-20-10-15-26-24(16-20)25(17-28(2,3)35-26)29-27(31)18-30(36(4,32)33)22-11-13-23(14-12-22)34-19-21-8-6-5-7-9-21/h5-16,25H,17-19H2,1-4H3,(H,29,31). The van der Waals surface area contributed by atoms with Crippen LogP contribution >= 0.6 is 0 Å². The van der Waals surface area contributed by atoms with Gasteiger partial charge >= 0.3 is 0 Å². The highest BCUT2D eigenvalue weighted by Crippen LogP contribution is 2.39. The summed E-state index contributed by atoms with van der Waals surface area (Å²) in [6.07, 6.45) is 1.66. The minimum atomic E-state index is -3.71. The summed E-state index contributed by atoms with van der Waals surface area (Å²) in [5.74, 6) is 0.949. The van der Waals surface area contributed by atoms with E-state index >= 15 is 0 Å². The number of nitrogens with zero attached hydrogens (tertiary/aromatic N) is 1. The van der Waals surface area contributed by atoms with E-state index in [1.54, 1.807) is 24.3 Å². The quantitative estimate of drug-likeness (QED) is 0.474. The zero-order valence-corrected chi connectivity index (χ0v) is 21.8. The van der Waals surface area contributed by atoms with Crippen LogP contribution in [0.15, 0.2) is 72.8 Å². The van der Waals surface area contributed by atoms with Crippen LogP contribution in [0.5, 0.6) is 11.5 Å². The highest BCUT2D eigenvalue weighted by Gasteiger charge is 2.35. The van der Waals surface area contributed by atoms with Gasteiger partial charge in [-0.1, -0.05) is 48.0 Å². The van der Waals surface area contributed by atoms with Crippen molar-refractivity contribution in [3.05, 3.63) is 89.5 Å². The summed E-state index contributed by atoms with van der Waals surface area (Å²) in [5, 5.41) is 3.03. The second-order valence-electron chi connectivity index (χ2n) is 9.77. The van der Waals surface area contributed by atoms with Gasteiger partial charge in [0, 0.05) is 12.0 Å². The Bertz CT molecular complexity index is 1320. The molecule has 0 aromatic heterocycles. The first-order valence-electron chi connectivity index (χ1n) is 11.8. The van der Waals surface area contributed by atoms with Gasteiger partial charge in [-0.3, -0.25) is 9.10 Å². The van der Waals surface area contributed by atoms with Crippen LogP contribution in [-0.2, 0) is 21.4 Å². The molecule has 7 nitrogen and oxygen atoms in total. The Kier molecular flexibility index (Phi) is 7.26. The Morgan fingerprint density at radius 2 is 1.78 bits per heavy atom. The number of sulfonamides is 1. The van der Waals surface area contributed by atoms with Crippen LogP contribution in [0.4, 0.5) is 5.69 Å². The zero-order valence-electron chi connectivity index (χ0n) is 21.0. The van der Waals surface area contributed by atoms with E-state index in [2.05, 4.69) is 5.32 Å². The number of benzene rings is 3. The first-order valence-corrected chi connectivity index (χ1v) is 13.7. The summed E-state index contributed by atoms with van der Waals surface area (Å²) in [4.78, 5) is 13.1. The third kappa shape index (κ3) is 6.37. The molecule has 1 aliphatic rings. The number of hydrogen-bond donors (Lipinski definition) is 1. The minimum Gasteiger partial charge on any atom is -0.489 e. The number of fused-ring (bicyclic) bond motifs is 1. The second-order valence-corrected chi connectivity index (χ2v) is 11.7. The smallest absolute Gasteiger partial charge is 0.241 e. The molecule has 0 bridgehead atoms. The van der Waals surface area contributed by atoms with Gasteiger partial charge in [-0.25, -0.2) is 8.42 Å². The first-order chi connectivity index (χ1) is 17.0. The highest BCUT2D eigenvalue weighted by molar-refractivity contribution is 7.92. The van der Waals surface area contributed by atoms with Crippen LogP contribution in [0.1, 0.15) is 43.0 Å². The van der Waals surface area contributed by atoms with Crippen molar-refractivity contribution in [3.63, 3.8) is 0 Å². The van der Waals surface area contributed by atoms with Crippen molar-refractivity contribution in [2.24, 2.45) is 0 Å². The molecule has 190 valence electrons. The number of hydrogen-bond acceptors (Lipinski definition) is 5. The van der Waals surface area contributed by atoms with Crippen LogP contribution in [-0.4, -0.2) is 32.7 Å². The van der Waals surface area contributed by atoms with Gasteiger partial charge in [0.25, 0.3) is 0 Å². The van der Waals surface area contributed by atoms with Crippen molar-refractivity contribution < 1.29 is 22.7 Å². The molecular weight excluding hydrogens is 476 g/mol. The largest absolute Gasteiger partial charge is 0.489 e. The summed E-state index contributed by atoms with van der Waals surface area (Å²) < 4.78 is 38.2. The lowest BCUT2D eigenvalue weighted by atomic mass is 9.89. The van der Waals surface area contributed by atoms with Crippen molar-refractivity contribution >= 4 is 21.6 Å². The molecule has 0 radical (unpaired) electrons. The molecule has 1 unspecified atom stereocenters. The van der Waals surface area contributed by atoms with Crippen LogP contribution in [0.2, 0.25) is 0 Å². The molecule has 1 aliphatic heterocycles. The summed E-state index contributed by atoms with van der Waals surface area (Å²) in [6.45, 7) is 6.00. The SMILES string of the molecule is Cc1ccc2c(c1)C(NC(=O)CN(c1ccc(OCc3ccccc3)cc1)S(C)(=O)=O)CC(C)(C)O2. The molecule has 36 heavy (non-hydrogen) atoms. The van der Waals surface area contributed by atoms with Crippen molar-refractivity contribution in [1.29, 1.82) is 0 Å². The number of carbonyl (C=O) groups excluding carboxylic acids is 1. The lowest BCUT2D eigenvalue weighted by molar-refractivity contribution is -0.120. The lowest BCUT2D eigenvalue weighted by Crippen LogP contribution is -2.45. The molecule has 1 atom stereocenters. The molecular formula is C28H32N2O5S. The van der Waals surface area contributed by atoms with Gasteiger partial charge in [0.1, 0.15) is 30.3 Å². The van der Waals surface area contributed by atoms with Crippen molar-refractivity contribution in [1.82, 2.24) is 5.32 Å². The van der Waals surface area contributed by atoms with E-state index < -0.39 is 15.6 Å². The summed E-state index contributed by atoms with van der Waals surface area (Å²) >= 11 is 0. The summed E-state index contributed by atoms with van der Waals surface area (Å²) in [7, 11) is -3.71.